The van der Waals surface area contributed by atoms with E-state index in [0.717, 1.165) is 12.3 Å². The average Bonchev–Trinajstić information content (AvgIpc) is 2.49. The fraction of sp³-hybridized carbons (Fsp3) is 0.250. The number of sulfonamides is 1. The molecule has 2 aromatic rings. The van der Waals surface area contributed by atoms with Crippen LogP contribution in [-0.4, -0.2) is 31.7 Å². The lowest BCUT2D eigenvalue weighted by Gasteiger charge is -2.12. The van der Waals surface area contributed by atoms with Crippen molar-refractivity contribution in [2.45, 2.75) is 20.0 Å². The van der Waals surface area contributed by atoms with Gasteiger partial charge in [0.15, 0.2) is 0 Å². The first-order valence-electron chi connectivity index (χ1n) is 7.31. The summed E-state index contributed by atoms with van der Waals surface area (Å²) < 4.78 is 57.6. The van der Waals surface area contributed by atoms with Gasteiger partial charge in [0.25, 0.3) is 5.91 Å². The molecule has 1 aromatic heterocycles. The highest BCUT2D eigenvalue weighted by Crippen LogP contribution is 2.31. The highest BCUT2D eigenvalue weighted by Gasteiger charge is 2.20. The van der Waals surface area contributed by atoms with Crippen LogP contribution in [0.2, 0.25) is 5.02 Å². The summed E-state index contributed by atoms with van der Waals surface area (Å²) in [5.41, 5.74) is -0.767. The van der Waals surface area contributed by atoms with Crippen LogP contribution in [0.25, 0.3) is 11.1 Å². The third kappa shape index (κ3) is 4.89. The first-order valence-corrected chi connectivity index (χ1v) is 9.58. The molecular formula is C16H15ClF2N2O4S. The number of nitrogens with zero attached hydrogens (tertiary/aromatic N) is 1. The third-order valence-corrected chi connectivity index (χ3v) is 3.87. The van der Waals surface area contributed by atoms with Gasteiger partial charge in [-0.25, -0.2) is 26.9 Å². The SMILES string of the molecule is CC(C)Oc1ncc(-c2cc(F)c(C(=O)NS(C)(=O)=O)cc2F)cc1Cl. The molecule has 1 heterocycles. The molecule has 2 rings (SSSR count). The van der Waals surface area contributed by atoms with E-state index in [-0.39, 0.29) is 28.1 Å². The molecule has 140 valence electrons. The van der Waals surface area contributed by atoms with Crippen LogP contribution in [0, 0.1) is 11.6 Å². The van der Waals surface area contributed by atoms with Crippen LogP contribution in [0.5, 0.6) is 5.88 Å². The lowest BCUT2D eigenvalue weighted by Crippen LogP contribution is -2.30. The number of hydrogen-bond donors (Lipinski definition) is 1. The van der Waals surface area contributed by atoms with Gasteiger partial charge in [0.2, 0.25) is 15.9 Å². The Kier molecular flexibility index (Phi) is 5.82. The van der Waals surface area contributed by atoms with E-state index in [2.05, 4.69) is 4.98 Å². The molecule has 0 fully saturated rings. The number of benzene rings is 1. The molecule has 0 unspecified atom stereocenters. The Bertz CT molecular complexity index is 965. The third-order valence-electron chi connectivity index (χ3n) is 3.05. The lowest BCUT2D eigenvalue weighted by atomic mass is 10.0. The maximum Gasteiger partial charge on any atom is 0.267 e. The molecule has 26 heavy (non-hydrogen) atoms. The van der Waals surface area contributed by atoms with Gasteiger partial charge in [0.1, 0.15) is 16.7 Å². The number of ether oxygens (including phenoxy) is 1. The van der Waals surface area contributed by atoms with Crippen LogP contribution < -0.4 is 9.46 Å². The smallest absolute Gasteiger partial charge is 0.267 e. The Balaban J connectivity index is 2.42. The monoisotopic (exact) mass is 404 g/mol. The Labute approximate surface area is 154 Å². The van der Waals surface area contributed by atoms with Gasteiger partial charge in [-0.05, 0) is 32.0 Å². The molecule has 0 bridgehead atoms. The number of nitrogens with one attached hydrogen (secondary N) is 1. The maximum atomic E-state index is 14.4. The largest absolute Gasteiger partial charge is 0.474 e. The van der Waals surface area contributed by atoms with E-state index in [4.69, 9.17) is 16.3 Å². The molecule has 1 N–H and O–H groups in total. The summed E-state index contributed by atoms with van der Waals surface area (Å²) in [5.74, 6) is -3.16. The highest BCUT2D eigenvalue weighted by atomic mass is 35.5. The lowest BCUT2D eigenvalue weighted by molar-refractivity contribution is 0.0977. The van der Waals surface area contributed by atoms with Crippen molar-refractivity contribution in [1.82, 2.24) is 9.71 Å². The molecule has 1 aromatic carbocycles. The van der Waals surface area contributed by atoms with Crippen molar-refractivity contribution in [2.75, 3.05) is 6.26 Å². The van der Waals surface area contributed by atoms with E-state index >= 15 is 0 Å². The van der Waals surface area contributed by atoms with Crippen LogP contribution in [0.3, 0.4) is 0 Å². The number of carbonyl (C=O) groups is 1. The van der Waals surface area contributed by atoms with Crippen LogP contribution in [0.1, 0.15) is 24.2 Å². The van der Waals surface area contributed by atoms with Crippen molar-refractivity contribution >= 4 is 27.5 Å². The summed E-state index contributed by atoms with van der Waals surface area (Å²) >= 11 is 6.04. The molecule has 0 radical (unpaired) electrons. The molecular weight excluding hydrogens is 390 g/mol. The standard InChI is InChI=1S/C16H15ClF2N2O4S/c1-8(2)25-16-12(17)4-9(7-20-16)10-5-14(19)11(6-13(10)18)15(22)21-26(3,23)24/h4-8H,1-3H3,(H,21,22). The number of hydrogen-bond acceptors (Lipinski definition) is 5. The van der Waals surface area contributed by atoms with Gasteiger partial charge in [-0.15, -0.1) is 0 Å². The van der Waals surface area contributed by atoms with Crippen molar-refractivity contribution in [3.05, 3.63) is 46.6 Å². The predicted octanol–water partition coefficient (Wildman–Crippen LogP) is 3.16. The molecule has 0 aliphatic heterocycles. The van der Waals surface area contributed by atoms with Crippen LogP contribution in [0.15, 0.2) is 24.4 Å². The first-order chi connectivity index (χ1) is 12.0. The minimum Gasteiger partial charge on any atom is -0.474 e. The second-order valence-electron chi connectivity index (χ2n) is 5.69. The van der Waals surface area contributed by atoms with Crippen molar-refractivity contribution < 1.29 is 26.7 Å². The number of rotatable bonds is 5. The Hall–Kier alpha value is -2.26. The number of carbonyl (C=O) groups excluding carboxylic acids is 1. The number of amides is 1. The van der Waals surface area contributed by atoms with Crippen molar-refractivity contribution in [3.63, 3.8) is 0 Å². The van der Waals surface area contributed by atoms with Crippen molar-refractivity contribution in [1.29, 1.82) is 0 Å². The molecule has 1 amide bonds. The predicted molar refractivity (Wildman–Crippen MR) is 92.7 cm³/mol. The number of halogens is 3. The molecule has 0 saturated heterocycles. The van der Waals surface area contributed by atoms with Gasteiger partial charge < -0.3 is 4.74 Å². The summed E-state index contributed by atoms with van der Waals surface area (Å²) in [5, 5.41) is 0.106. The summed E-state index contributed by atoms with van der Waals surface area (Å²) in [6.07, 6.45) is 1.80. The topological polar surface area (TPSA) is 85.4 Å². The van der Waals surface area contributed by atoms with E-state index in [0.29, 0.717) is 6.07 Å². The van der Waals surface area contributed by atoms with Gasteiger partial charge >= 0.3 is 0 Å². The molecule has 0 atom stereocenters. The molecule has 0 spiro atoms. The molecule has 10 heteroatoms. The van der Waals surface area contributed by atoms with Gasteiger partial charge in [-0.2, -0.15) is 0 Å². The first kappa shape index (κ1) is 20.1. The fourth-order valence-corrected chi connectivity index (χ4v) is 2.71. The van der Waals surface area contributed by atoms with Crippen molar-refractivity contribution in [3.8, 4) is 17.0 Å². The van der Waals surface area contributed by atoms with Gasteiger partial charge in [-0.1, -0.05) is 11.6 Å². The van der Waals surface area contributed by atoms with Crippen LogP contribution in [-0.2, 0) is 10.0 Å². The normalized spacial score (nSPS) is 11.5. The Morgan fingerprint density at radius 2 is 1.88 bits per heavy atom. The molecule has 0 aliphatic rings. The fourth-order valence-electron chi connectivity index (χ4n) is 2.05. The van der Waals surface area contributed by atoms with Gasteiger partial charge in [0, 0.05) is 17.3 Å². The summed E-state index contributed by atoms with van der Waals surface area (Å²) in [6.45, 7) is 3.56. The van der Waals surface area contributed by atoms with E-state index in [1.165, 1.54) is 12.3 Å². The Morgan fingerprint density at radius 3 is 2.42 bits per heavy atom. The zero-order chi connectivity index (χ0) is 19.6. The highest BCUT2D eigenvalue weighted by molar-refractivity contribution is 7.89. The average molecular weight is 405 g/mol. The van der Waals surface area contributed by atoms with E-state index in [9.17, 15) is 22.0 Å². The minimum atomic E-state index is -3.91. The van der Waals surface area contributed by atoms with E-state index in [1.807, 2.05) is 0 Å². The minimum absolute atomic E-state index is 0.106. The summed E-state index contributed by atoms with van der Waals surface area (Å²) in [4.78, 5) is 15.7. The zero-order valence-corrected chi connectivity index (χ0v) is 15.6. The van der Waals surface area contributed by atoms with E-state index in [1.54, 1.807) is 18.6 Å². The number of aromatic nitrogens is 1. The van der Waals surface area contributed by atoms with Gasteiger partial charge in [0.05, 0.1) is 17.9 Å². The summed E-state index contributed by atoms with van der Waals surface area (Å²) in [6, 6.07) is 2.72. The second kappa shape index (κ2) is 7.55. The quantitative estimate of drug-likeness (QED) is 0.827. The molecule has 6 nitrogen and oxygen atoms in total. The Morgan fingerprint density at radius 1 is 1.23 bits per heavy atom. The van der Waals surface area contributed by atoms with Crippen molar-refractivity contribution in [2.24, 2.45) is 0 Å². The molecule has 0 aliphatic carbocycles. The zero-order valence-electron chi connectivity index (χ0n) is 14.0. The molecule has 0 saturated carbocycles. The number of pyridine rings is 1. The van der Waals surface area contributed by atoms with Crippen LogP contribution >= 0.6 is 11.6 Å². The summed E-state index contributed by atoms with van der Waals surface area (Å²) in [7, 11) is -3.91. The maximum absolute atomic E-state index is 14.4. The van der Waals surface area contributed by atoms with Gasteiger partial charge in [-0.3, -0.25) is 4.79 Å². The van der Waals surface area contributed by atoms with Crippen LogP contribution in [0.4, 0.5) is 8.78 Å². The second-order valence-corrected chi connectivity index (χ2v) is 7.85. The van der Waals surface area contributed by atoms with E-state index < -0.39 is 33.1 Å².